The van der Waals surface area contributed by atoms with Gasteiger partial charge in [-0.2, -0.15) is 0 Å². The molecule has 186 valence electrons. The summed E-state index contributed by atoms with van der Waals surface area (Å²) in [5, 5.41) is 1.07. The number of nitrogens with zero attached hydrogens (tertiary/aromatic N) is 3. The number of benzene rings is 1. The normalized spacial score (nSPS) is 16.1. The Kier molecular flexibility index (Phi) is 7.02. The van der Waals surface area contributed by atoms with E-state index in [1.807, 2.05) is 41.6 Å². The molecule has 2 aliphatic rings. The minimum atomic E-state index is 0.177. The van der Waals surface area contributed by atoms with Gasteiger partial charge in [-0.15, -0.1) is 11.3 Å². The number of thiophene rings is 1. The molecule has 35 heavy (non-hydrogen) atoms. The first-order chi connectivity index (χ1) is 17.1. The Bertz CT molecular complexity index is 1180. The second-order valence-corrected chi connectivity index (χ2v) is 10.1. The van der Waals surface area contributed by atoms with Crippen LogP contribution in [-0.4, -0.2) is 67.8 Å². The average molecular weight is 496 g/mol. The van der Waals surface area contributed by atoms with E-state index < -0.39 is 0 Å². The van der Waals surface area contributed by atoms with Crippen LogP contribution in [-0.2, 0) is 19.4 Å². The molecule has 1 aromatic carbocycles. The highest BCUT2D eigenvalue weighted by atomic mass is 32.1. The van der Waals surface area contributed by atoms with Gasteiger partial charge in [0.05, 0.1) is 26.9 Å². The zero-order valence-electron chi connectivity index (χ0n) is 20.7. The highest BCUT2D eigenvalue weighted by Gasteiger charge is 2.31. The van der Waals surface area contributed by atoms with E-state index in [1.165, 1.54) is 16.9 Å². The van der Waals surface area contributed by atoms with Gasteiger partial charge in [0, 0.05) is 55.6 Å². The highest BCUT2D eigenvalue weighted by Crippen LogP contribution is 2.41. The summed E-state index contributed by atoms with van der Waals surface area (Å²) < 4.78 is 18.7. The number of carbonyl (C=O) groups is 1. The third kappa shape index (κ3) is 4.52. The number of methoxy groups -OCH3 is 3. The molecule has 0 bridgehead atoms. The Labute approximate surface area is 210 Å². The SMILES string of the molecule is COc1ccc(CN2CCN(C(=O)c3c(-n4cccc4)sc4c3CCCC4)CC2)c(OC)c1OC. The number of fused-ring (bicyclic) bond motifs is 1. The van der Waals surface area contributed by atoms with Crippen molar-refractivity contribution in [1.29, 1.82) is 0 Å². The second kappa shape index (κ2) is 10.3. The maximum Gasteiger partial charge on any atom is 0.257 e. The first-order valence-electron chi connectivity index (χ1n) is 12.2. The Hall–Kier alpha value is -2.97. The fraction of sp³-hybridized carbons (Fsp3) is 0.444. The van der Waals surface area contributed by atoms with Crippen molar-refractivity contribution in [3.05, 3.63) is 58.2 Å². The van der Waals surface area contributed by atoms with Crippen LogP contribution in [0.1, 0.15) is 39.2 Å². The highest BCUT2D eigenvalue weighted by molar-refractivity contribution is 7.15. The van der Waals surface area contributed by atoms with Crippen LogP contribution in [0.15, 0.2) is 36.7 Å². The first-order valence-corrected chi connectivity index (χ1v) is 13.0. The molecular weight excluding hydrogens is 462 g/mol. The van der Waals surface area contributed by atoms with Crippen LogP contribution in [0.5, 0.6) is 17.2 Å². The van der Waals surface area contributed by atoms with Gasteiger partial charge in [-0.1, -0.05) is 6.07 Å². The number of ether oxygens (including phenoxy) is 3. The van der Waals surface area contributed by atoms with Crippen LogP contribution < -0.4 is 14.2 Å². The summed E-state index contributed by atoms with van der Waals surface area (Å²) in [7, 11) is 4.90. The summed E-state index contributed by atoms with van der Waals surface area (Å²) in [5.41, 5.74) is 3.26. The molecule has 0 saturated carbocycles. The van der Waals surface area contributed by atoms with E-state index in [-0.39, 0.29) is 5.91 Å². The van der Waals surface area contributed by atoms with Gasteiger partial charge >= 0.3 is 0 Å². The topological polar surface area (TPSA) is 56.2 Å². The maximum absolute atomic E-state index is 13.8. The molecule has 5 rings (SSSR count). The molecule has 3 heterocycles. The Morgan fingerprint density at radius 2 is 1.63 bits per heavy atom. The largest absolute Gasteiger partial charge is 0.493 e. The van der Waals surface area contributed by atoms with Crippen LogP contribution in [0, 0.1) is 0 Å². The standard InChI is InChI=1S/C27H33N3O4S/c1-32-21-11-10-19(24(33-2)25(21)34-3)18-28-14-16-29(17-15-28)26(31)23-20-8-4-5-9-22(20)35-27(23)30-12-6-7-13-30/h6-7,10-13H,4-5,8-9,14-18H2,1-3H3. The van der Waals surface area contributed by atoms with Crippen LogP contribution in [0.4, 0.5) is 0 Å². The smallest absolute Gasteiger partial charge is 0.257 e. The van der Waals surface area contributed by atoms with E-state index in [0.717, 1.165) is 55.0 Å². The lowest BCUT2D eigenvalue weighted by Gasteiger charge is -2.35. The molecular formula is C27H33N3O4S. The van der Waals surface area contributed by atoms with Gasteiger partial charge in [0.15, 0.2) is 11.5 Å². The number of amides is 1. The molecule has 0 spiro atoms. The third-order valence-corrected chi connectivity index (χ3v) is 8.35. The van der Waals surface area contributed by atoms with Crippen LogP contribution >= 0.6 is 11.3 Å². The van der Waals surface area contributed by atoms with Crippen molar-refractivity contribution < 1.29 is 19.0 Å². The predicted octanol–water partition coefficient (Wildman–Crippen LogP) is 4.40. The summed E-state index contributed by atoms with van der Waals surface area (Å²) in [5.74, 6) is 2.14. The van der Waals surface area contributed by atoms with Crippen molar-refractivity contribution in [3.8, 4) is 22.2 Å². The van der Waals surface area contributed by atoms with Crippen LogP contribution in [0.3, 0.4) is 0 Å². The van der Waals surface area contributed by atoms with E-state index in [0.29, 0.717) is 30.3 Å². The monoisotopic (exact) mass is 495 g/mol. The predicted molar refractivity (Wildman–Crippen MR) is 138 cm³/mol. The molecule has 0 N–H and O–H groups in total. The van der Waals surface area contributed by atoms with E-state index >= 15 is 0 Å². The molecule has 1 amide bonds. The van der Waals surface area contributed by atoms with Gasteiger partial charge < -0.3 is 23.7 Å². The number of piperazine rings is 1. The van der Waals surface area contributed by atoms with Gasteiger partial charge in [-0.3, -0.25) is 9.69 Å². The maximum atomic E-state index is 13.8. The Balaban J connectivity index is 1.32. The van der Waals surface area contributed by atoms with Crippen molar-refractivity contribution in [3.63, 3.8) is 0 Å². The quantitative estimate of drug-likeness (QED) is 0.486. The number of rotatable bonds is 7. The third-order valence-electron chi connectivity index (χ3n) is 7.04. The minimum absolute atomic E-state index is 0.177. The zero-order valence-corrected chi connectivity index (χ0v) is 21.5. The van der Waals surface area contributed by atoms with Crippen LogP contribution in [0.25, 0.3) is 5.00 Å². The molecule has 2 aromatic heterocycles. The molecule has 1 aliphatic heterocycles. The van der Waals surface area contributed by atoms with Crippen molar-refractivity contribution in [1.82, 2.24) is 14.4 Å². The number of aromatic nitrogens is 1. The van der Waals surface area contributed by atoms with Gasteiger partial charge in [0.1, 0.15) is 5.00 Å². The number of hydrogen-bond donors (Lipinski definition) is 0. The van der Waals surface area contributed by atoms with Crippen molar-refractivity contribution in [2.45, 2.75) is 32.2 Å². The van der Waals surface area contributed by atoms with Gasteiger partial charge in [0.25, 0.3) is 5.91 Å². The van der Waals surface area contributed by atoms with E-state index in [2.05, 4.69) is 9.47 Å². The number of aryl methyl sites for hydroxylation is 1. The second-order valence-electron chi connectivity index (χ2n) is 9.04. The molecule has 1 fully saturated rings. The molecule has 0 radical (unpaired) electrons. The lowest BCUT2D eigenvalue weighted by atomic mass is 9.95. The van der Waals surface area contributed by atoms with Gasteiger partial charge in [-0.25, -0.2) is 0 Å². The molecule has 0 atom stereocenters. The molecule has 1 saturated heterocycles. The molecule has 8 heteroatoms. The van der Waals surface area contributed by atoms with Crippen molar-refractivity contribution >= 4 is 17.2 Å². The van der Waals surface area contributed by atoms with E-state index in [1.54, 1.807) is 32.7 Å². The van der Waals surface area contributed by atoms with E-state index in [9.17, 15) is 4.79 Å². The van der Waals surface area contributed by atoms with Gasteiger partial charge in [-0.05, 0) is 49.4 Å². The zero-order chi connectivity index (χ0) is 24.4. The average Bonchev–Trinajstić information content (AvgIpc) is 3.56. The summed E-state index contributed by atoms with van der Waals surface area (Å²) in [6, 6.07) is 7.99. The first kappa shape index (κ1) is 23.8. The van der Waals surface area contributed by atoms with Crippen molar-refractivity contribution in [2.75, 3.05) is 47.5 Å². The molecule has 3 aromatic rings. The summed E-state index contributed by atoms with van der Waals surface area (Å²) in [4.78, 5) is 19.6. The van der Waals surface area contributed by atoms with Gasteiger partial charge in [0.2, 0.25) is 5.75 Å². The summed E-state index contributed by atoms with van der Waals surface area (Å²) >= 11 is 1.79. The van der Waals surface area contributed by atoms with Crippen molar-refractivity contribution in [2.24, 2.45) is 0 Å². The number of carbonyl (C=O) groups excluding carboxylic acids is 1. The lowest BCUT2D eigenvalue weighted by Crippen LogP contribution is -2.48. The fourth-order valence-electron chi connectivity index (χ4n) is 5.22. The van der Waals surface area contributed by atoms with Crippen LogP contribution in [0.2, 0.25) is 0 Å². The molecule has 0 unspecified atom stereocenters. The lowest BCUT2D eigenvalue weighted by molar-refractivity contribution is 0.0626. The summed E-state index contributed by atoms with van der Waals surface area (Å²) in [6.07, 6.45) is 8.56. The molecule has 7 nitrogen and oxygen atoms in total. The Morgan fingerprint density at radius 3 is 2.31 bits per heavy atom. The van der Waals surface area contributed by atoms with E-state index in [4.69, 9.17) is 14.2 Å². The number of hydrogen-bond acceptors (Lipinski definition) is 6. The minimum Gasteiger partial charge on any atom is -0.493 e. The molecule has 1 aliphatic carbocycles. The Morgan fingerprint density at radius 1 is 0.914 bits per heavy atom. The fourth-order valence-corrected chi connectivity index (χ4v) is 6.57. The summed E-state index contributed by atoms with van der Waals surface area (Å²) in [6.45, 7) is 3.78.